The van der Waals surface area contributed by atoms with Crippen molar-refractivity contribution in [3.8, 4) is 30.4 Å². The minimum Gasteiger partial charge on any atom is -0.478 e. The molecule has 0 radical (unpaired) electrons. The fourth-order valence-corrected chi connectivity index (χ4v) is 1.80. The standard InChI is InChI=1S/C18H10O4/c1-3-12-8-10-13(11-9-12)18(21)22-16-7-5-6-15(17(19)20)14(16)4-2/h1-2,5-11H,(H,19,20). The van der Waals surface area contributed by atoms with E-state index in [2.05, 4.69) is 11.8 Å². The van der Waals surface area contributed by atoms with E-state index in [1.807, 2.05) is 0 Å². The first kappa shape index (κ1) is 14.9. The molecule has 0 saturated heterocycles. The summed E-state index contributed by atoms with van der Waals surface area (Å²) in [6.45, 7) is 0. The Kier molecular flexibility index (Phi) is 4.27. The van der Waals surface area contributed by atoms with E-state index in [9.17, 15) is 9.59 Å². The van der Waals surface area contributed by atoms with Gasteiger partial charge < -0.3 is 9.84 Å². The summed E-state index contributed by atoms with van der Waals surface area (Å²) in [5, 5.41) is 9.08. The van der Waals surface area contributed by atoms with Crippen LogP contribution in [0.1, 0.15) is 31.8 Å². The number of carbonyl (C=O) groups excluding carboxylic acids is 1. The third kappa shape index (κ3) is 2.98. The van der Waals surface area contributed by atoms with Crippen molar-refractivity contribution in [2.75, 3.05) is 0 Å². The average Bonchev–Trinajstić information content (AvgIpc) is 2.54. The van der Waals surface area contributed by atoms with Crippen molar-refractivity contribution in [2.24, 2.45) is 0 Å². The first-order chi connectivity index (χ1) is 10.6. The number of aromatic carboxylic acids is 1. The lowest BCUT2D eigenvalue weighted by Crippen LogP contribution is -2.11. The number of rotatable bonds is 3. The predicted octanol–water partition coefficient (Wildman–Crippen LogP) is 2.57. The fourth-order valence-electron chi connectivity index (χ4n) is 1.80. The Morgan fingerprint density at radius 3 is 2.23 bits per heavy atom. The summed E-state index contributed by atoms with van der Waals surface area (Å²) in [6.07, 6.45) is 10.6. The van der Waals surface area contributed by atoms with Crippen LogP contribution in [-0.4, -0.2) is 17.0 Å². The van der Waals surface area contributed by atoms with Crippen molar-refractivity contribution in [3.63, 3.8) is 0 Å². The van der Waals surface area contributed by atoms with E-state index in [0.717, 1.165) is 0 Å². The van der Waals surface area contributed by atoms with Gasteiger partial charge in [0.05, 0.1) is 16.7 Å². The van der Waals surface area contributed by atoms with Crippen LogP contribution >= 0.6 is 0 Å². The number of hydrogen-bond donors (Lipinski definition) is 1. The van der Waals surface area contributed by atoms with Gasteiger partial charge in [-0.25, -0.2) is 9.59 Å². The van der Waals surface area contributed by atoms with E-state index >= 15 is 0 Å². The molecule has 2 aromatic rings. The van der Waals surface area contributed by atoms with Crippen molar-refractivity contribution >= 4 is 11.9 Å². The molecule has 0 fully saturated rings. The molecule has 0 aliphatic heterocycles. The minimum absolute atomic E-state index is 0.0172. The van der Waals surface area contributed by atoms with Crippen LogP contribution in [0.4, 0.5) is 0 Å². The molecule has 1 N–H and O–H groups in total. The molecular formula is C18H10O4. The zero-order valence-electron chi connectivity index (χ0n) is 11.4. The van der Waals surface area contributed by atoms with Crippen molar-refractivity contribution in [2.45, 2.75) is 0 Å². The van der Waals surface area contributed by atoms with Crippen molar-refractivity contribution in [1.82, 2.24) is 0 Å². The zero-order valence-corrected chi connectivity index (χ0v) is 11.4. The second kappa shape index (κ2) is 6.30. The number of hydrogen-bond acceptors (Lipinski definition) is 3. The van der Waals surface area contributed by atoms with Gasteiger partial charge in [0.2, 0.25) is 0 Å². The third-order valence-electron chi connectivity index (χ3n) is 2.89. The number of carbonyl (C=O) groups is 2. The second-order valence-electron chi connectivity index (χ2n) is 4.24. The maximum atomic E-state index is 12.1. The molecular weight excluding hydrogens is 280 g/mol. The van der Waals surface area contributed by atoms with Crippen LogP contribution in [0.5, 0.6) is 5.75 Å². The van der Waals surface area contributed by atoms with Gasteiger partial charge in [-0.05, 0) is 36.4 Å². The van der Waals surface area contributed by atoms with Crippen LogP contribution in [0, 0.1) is 24.7 Å². The van der Waals surface area contributed by atoms with E-state index in [4.69, 9.17) is 22.7 Å². The highest BCUT2D eigenvalue weighted by Gasteiger charge is 2.16. The van der Waals surface area contributed by atoms with Crippen molar-refractivity contribution < 1.29 is 19.4 Å². The highest BCUT2D eigenvalue weighted by molar-refractivity contribution is 5.94. The monoisotopic (exact) mass is 290 g/mol. The number of esters is 1. The van der Waals surface area contributed by atoms with Gasteiger partial charge in [0, 0.05) is 5.56 Å². The third-order valence-corrected chi connectivity index (χ3v) is 2.89. The smallest absolute Gasteiger partial charge is 0.343 e. The zero-order chi connectivity index (χ0) is 16.1. The summed E-state index contributed by atoms with van der Waals surface area (Å²) < 4.78 is 5.19. The van der Waals surface area contributed by atoms with Crippen molar-refractivity contribution in [3.05, 3.63) is 64.7 Å². The normalized spacial score (nSPS) is 9.36. The Balaban J connectivity index is 2.32. The molecule has 0 atom stereocenters. The second-order valence-corrected chi connectivity index (χ2v) is 4.24. The average molecular weight is 290 g/mol. The first-order valence-corrected chi connectivity index (χ1v) is 6.18. The molecule has 0 amide bonds. The van der Waals surface area contributed by atoms with Crippen LogP contribution < -0.4 is 4.74 Å². The molecule has 0 spiro atoms. The molecule has 4 heteroatoms. The van der Waals surface area contributed by atoms with Gasteiger partial charge in [0.15, 0.2) is 0 Å². The lowest BCUT2D eigenvalue weighted by atomic mass is 10.1. The van der Waals surface area contributed by atoms with E-state index < -0.39 is 11.9 Å². The van der Waals surface area contributed by atoms with E-state index in [1.165, 1.54) is 30.3 Å². The molecule has 0 saturated carbocycles. The topological polar surface area (TPSA) is 63.6 Å². The molecule has 106 valence electrons. The number of terminal acetylenes is 2. The minimum atomic E-state index is -1.19. The molecule has 0 unspecified atom stereocenters. The van der Waals surface area contributed by atoms with Crippen LogP contribution in [0.2, 0.25) is 0 Å². The maximum absolute atomic E-state index is 12.1. The Morgan fingerprint density at radius 2 is 1.68 bits per heavy atom. The molecule has 2 rings (SSSR count). The SMILES string of the molecule is C#Cc1ccc(C(=O)Oc2cccc(C(=O)O)c2C#C)cc1. The summed E-state index contributed by atoms with van der Waals surface area (Å²) >= 11 is 0. The molecule has 2 aromatic carbocycles. The van der Waals surface area contributed by atoms with Gasteiger partial charge in [0.25, 0.3) is 0 Å². The number of carboxylic acids is 1. The van der Waals surface area contributed by atoms with Gasteiger partial charge >= 0.3 is 11.9 Å². The number of ether oxygens (including phenoxy) is 1. The van der Waals surface area contributed by atoms with E-state index in [1.54, 1.807) is 12.1 Å². The molecule has 0 bridgehead atoms. The molecule has 22 heavy (non-hydrogen) atoms. The summed E-state index contributed by atoms with van der Waals surface area (Å²) in [5.41, 5.74) is 0.829. The lowest BCUT2D eigenvalue weighted by Gasteiger charge is -2.08. The van der Waals surface area contributed by atoms with Crippen LogP contribution in [-0.2, 0) is 0 Å². The van der Waals surface area contributed by atoms with Crippen LogP contribution in [0.25, 0.3) is 0 Å². The van der Waals surface area contributed by atoms with E-state index in [0.29, 0.717) is 5.56 Å². The van der Waals surface area contributed by atoms with Crippen LogP contribution in [0.15, 0.2) is 42.5 Å². The number of carboxylic acid groups (broad SMARTS) is 1. The van der Waals surface area contributed by atoms with Gasteiger partial charge in [-0.15, -0.1) is 12.8 Å². The Hall–Kier alpha value is -3.50. The summed E-state index contributed by atoms with van der Waals surface area (Å²) in [4.78, 5) is 23.2. The molecule has 0 aliphatic rings. The van der Waals surface area contributed by atoms with Gasteiger partial charge in [-0.2, -0.15) is 0 Å². The highest BCUT2D eigenvalue weighted by Crippen LogP contribution is 2.23. The van der Waals surface area contributed by atoms with Crippen molar-refractivity contribution in [1.29, 1.82) is 0 Å². The highest BCUT2D eigenvalue weighted by atomic mass is 16.5. The Bertz CT molecular complexity index is 818. The van der Waals surface area contributed by atoms with E-state index in [-0.39, 0.29) is 22.4 Å². The van der Waals surface area contributed by atoms with Gasteiger partial charge in [-0.1, -0.05) is 17.9 Å². The molecule has 4 nitrogen and oxygen atoms in total. The summed E-state index contributed by atoms with van der Waals surface area (Å²) in [7, 11) is 0. The fraction of sp³-hybridized carbons (Fsp3) is 0. The van der Waals surface area contributed by atoms with Gasteiger partial charge in [0.1, 0.15) is 5.75 Å². The Labute approximate surface area is 127 Å². The largest absolute Gasteiger partial charge is 0.478 e. The summed E-state index contributed by atoms with van der Waals surface area (Å²) in [5.74, 6) is 2.85. The van der Waals surface area contributed by atoms with Gasteiger partial charge in [-0.3, -0.25) is 0 Å². The lowest BCUT2D eigenvalue weighted by molar-refractivity contribution is 0.0687. The summed E-state index contributed by atoms with van der Waals surface area (Å²) in [6, 6.07) is 10.5. The predicted molar refractivity (Wildman–Crippen MR) is 80.7 cm³/mol. The first-order valence-electron chi connectivity index (χ1n) is 6.18. The molecule has 0 aromatic heterocycles. The molecule has 0 aliphatic carbocycles. The number of benzene rings is 2. The Morgan fingerprint density at radius 1 is 1.00 bits per heavy atom. The maximum Gasteiger partial charge on any atom is 0.343 e. The molecule has 0 heterocycles. The van der Waals surface area contributed by atoms with Crippen LogP contribution in [0.3, 0.4) is 0 Å². The quantitative estimate of drug-likeness (QED) is 0.536.